The van der Waals surface area contributed by atoms with Crippen molar-refractivity contribution in [3.05, 3.63) is 41.1 Å². The van der Waals surface area contributed by atoms with E-state index in [1.807, 2.05) is 6.07 Å². The molecule has 8 nitrogen and oxygen atoms in total. The van der Waals surface area contributed by atoms with Crippen molar-refractivity contribution in [2.45, 2.75) is 16.7 Å². The first kappa shape index (κ1) is 23.2. The molecule has 0 saturated carbocycles. The summed E-state index contributed by atoms with van der Waals surface area (Å²) >= 11 is 1.11. The van der Waals surface area contributed by atoms with Gasteiger partial charge in [-0.15, -0.1) is 11.8 Å². The van der Waals surface area contributed by atoms with Crippen molar-refractivity contribution in [1.82, 2.24) is 14.9 Å². The molecule has 12 heteroatoms. The van der Waals surface area contributed by atoms with Crippen LogP contribution in [-0.4, -0.2) is 47.7 Å². The van der Waals surface area contributed by atoms with E-state index in [4.69, 9.17) is 11.5 Å². The third-order valence-electron chi connectivity index (χ3n) is 4.12. The van der Waals surface area contributed by atoms with Gasteiger partial charge in [-0.3, -0.25) is 4.79 Å². The van der Waals surface area contributed by atoms with Gasteiger partial charge in [0, 0.05) is 12.2 Å². The lowest BCUT2D eigenvalue weighted by atomic mass is 9.89. The Morgan fingerprint density at radius 1 is 1.33 bits per heavy atom. The fourth-order valence-corrected chi connectivity index (χ4v) is 3.47. The van der Waals surface area contributed by atoms with Gasteiger partial charge in [-0.25, -0.2) is 9.97 Å². The Hall–Kier alpha value is -3.04. The van der Waals surface area contributed by atoms with Crippen LogP contribution in [0.4, 0.5) is 24.8 Å². The van der Waals surface area contributed by atoms with Crippen LogP contribution in [0, 0.1) is 11.3 Å². The quantitative estimate of drug-likeness (QED) is 0.441. The first-order chi connectivity index (χ1) is 13.9. The minimum Gasteiger partial charge on any atom is -0.368 e. The molecule has 30 heavy (non-hydrogen) atoms. The van der Waals surface area contributed by atoms with Gasteiger partial charge in [0.1, 0.15) is 22.4 Å². The monoisotopic (exact) mass is 439 g/mol. The smallest absolute Gasteiger partial charge is 0.368 e. The molecule has 0 bridgehead atoms. The summed E-state index contributed by atoms with van der Waals surface area (Å²) in [6, 6.07) is 6.25. The van der Waals surface area contributed by atoms with Crippen molar-refractivity contribution in [1.29, 1.82) is 5.26 Å². The number of aromatic nitrogens is 2. The highest BCUT2D eigenvalue weighted by Gasteiger charge is 2.44. The Kier molecular flexibility index (Phi) is 6.79. The number of nitriles is 1. The number of primary amides is 1. The number of amides is 1. The molecule has 1 amide bonds. The summed E-state index contributed by atoms with van der Waals surface area (Å²) in [4.78, 5) is 22.4. The summed E-state index contributed by atoms with van der Waals surface area (Å²) in [6.07, 6.45) is -2.93. The number of carbonyl (C=O) groups excluding carboxylic acids is 1. The molecule has 2 rings (SSSR count). The van der Waals surface area contributed by atoms with Crippen LogP contribution in [0.5, 0.6) is 0 Å². The molecule has 0 unspecified atom stereocenters. The second kappa shape index (κ2) is 8.76. The largest absolute Gasteiger partial charge is 0.416 e. The van der Waals surface area contributed by atoms with Crippen molar-refractivity contribution >= 4 is 29.3 Å². The van der Waals surface area contributed by atoms with E-state index in [2.05, 4.69) is 15.3 Å². The average molecular weight is 439 g/mol. The van der Waals surface area contributed by atoms with E-state index in [9.17, 15) is 23.2 Å². The maximum absolute atomic E-state index is 13.2. The van der Waals surface area contributed by atoms with Crippen LogP contribution in [0.15, 0.2) is 29.3 Å². The molecule has 0 radical (unpaired) electrons. The third kappa shape index (κ3) is 4.74. The molecule has 0 aliphatic heterocycles. The summed E-state index contributed by atoms with van der Waals surface area (Å²) in [6.45, 7) is -0.114. The fourth-order valence-electron chi connectivity index (χ4n) is 2.94. The predicted octanol–water partition coefficient (Wildman–Crippen LogP) is 2.03. The molecule has 1 atom stereocenters. The number of hydrogen-bond donors (Lipinski definition) is 3. The van der Waals surface area contributed by atoms with E-state index in [1.165, 1.54) is 12.1 Å². The number of likely N-dealkylation sites (N-methyl/N-ethyl adjacent to an activating group) is 1. The highest BCUT2D eigenvalue weighted by molar-refractivity contribution is 7.98. The lowest BCUT2D eigenvalue weighted by Crippen LogP contribution is -2.55. The number of thioether (sulfide) groups is 1. The summed E-state index contributed by atoms with van der Waals surface area (Å²) in [5.41, 5.74) is 8.53. The van der Waals surface area contributed by atoms with Crippen LogP contribution in [0.1, 0.15) is 16.8 Å². The number of rotatable bonds is 7. The van der Waals surface area contributed by atoms with Gasteiger partial charge in [0.05, 0.1) is 5.56 Å². The van der Waals surface area contributed by atoms with Crippen molar-refractivity contribution < 1.29 is 18.0 Å². The zero-order valence-electron chi connectivity index (χ0n) is 16.4. The molecule has 0 aliphatic carbocycles. The zero-order chi connectivity index (χ0) is 22.7. The Labute approximate surface area is 175 Å². The van der Waals surface area contributed by atoms with Crippen LogP contribution >= 0.6 is 11.8 Å². The summed E-state index contributed by atoms with van der Waals surface area (Å²) < 4.78 is 39.5. The van der Waals surface area contributed by atoms with Gasteiger partial charge in [-0.1, -0.05) is 6.07 Å². The lowest BCUT2D eigenvalue weighted by molar-refractivity contribution is -0.137. The normalized spacial score (nSPS) is 13.5. The number of anilines is 2. The number of alkyl halides is 3. The van der Waals surface area contributed by atoms with E-state index < -0.39 is 23.2 Å². The molecular weight excluding hydrogens is 419 g/mol. The van der Waals surface area contributed by atoms with Crippen LogP contribution in [-0.2, 0) is 16.5 Å². The Morgan fingerprint density at radius 3 is 2.50 bits per heavy atom. The SMILES string of the molecule is CSc1nc(N)nc([C@@](CN(C)C)(Nc2cccc(C(F)(F)F)c2)C(N)=O)c1C#N. The van der Waals surface area contributed by atoms with E-state index in [-0.39, 0.29) is 34.5 Å². The average Bonchev–Trinajstić information content (AvgIpc) is 2.65. The van der Waals surface area contributed by atoms with Crippen LogP contribution in [0.25, 0.3) is 0 Å². The van der Waals surface area contributed by atoms with Crippen LogP contribution in [0.2, 0.25) is 0 Å². The van der Waals surface area contributed by atoms with Crippen molar-refractivity contribution in [2.24, 2.45) is 5.73 Å². The maximum Gasteiger partial charge on any atom is 0.416 e. The minimum atomic E-state index is -4.59. The highest BCUT2D eigenvalue weighted by atomic mass is 32.2. The number of hydrogen-bond acceptors (Lipinski definition) is 8. The number of benzene rings is 1. The van der Waals surface area contributed by atoms with Crippen molar-refractivity contribution in [3.8, 4) is 6.07 Å². The number of nitrogens with one attached hydrogen (secondary N) is 1. The number of halogens is 3. The van der Waals surface area contributed by atoms with E-state index in [0.717, 1.165) is 23.9 Å². The number of nitrogens with zero attached hydrogens (tertiary/aromatic N) is 4. The minimum absolute atomic E-state index is 0.0303. The zero-order valence-corrected chi connectivity index (χ0v) is 17.2. The van der Waals surface area contributed by atoms with Gasteiger partial charge in [-0.2, -0.15) is 18.4 Å². The molecule has 1 aromatic carbocycles. The first-order valence-electron chi connectivity index (χ1n) is 8.46. The molecule has 1 heterocycles. The van der Waals surface area contributed by atoms with Gasteiger partial charge >= 0.3 is 6.18 Å². The van der Waals surface area contributed by atoms with Crippen molar-refractivity contribution in [2.75, 3.05) is 37.9 Å². The summed E-state index contributed by atoms with van der Waals surface area (Å²) in [5.74, 6) is -1.15. The Bertz CT molecular complexity index is 991. The molecule has 1 aromatic heterocycles. The van der Waals surface area contributed by atoms with Crippen LogP contribution < -0.4 is 16.8 Å². The molecular formula is C18H20F3N7OS. The molecule has 160 valence electrons. The van der Waals surface area contributed by atoms with Crippen molar-refractivity contribution in [3.63, 3.8) is 0 Å². The first-order valence-corrected chi connectivity index (χ1v) is 9.69. The highest BCUT2D eigenvalue weighted by Crippen LogP contribution is 2.35. The second-order valence-electron chi connectivity index (χ2n) is 6.64. The molecule has 5 N–H and O–H groups in total. The molecule has 0 spiro atoms. The number of nitrogens with two attached hydrogens (primary N) is 2. The Balaban J connectivity index is 2.78. The Morgan fingerprint density at radius 2 is 2.00 bits per heavy atom. The predicted molar refractivity (Wildman–Crippen MR) is 107 cm³/mol. The second-order valence-corrected chi connectivity index (χ2v) is 7.43. The van der Waals surface area contributed by atoms with Crippen LogP contribution in [0.3, 0.4) is 0 Å². The molecule has 0 aliphatic rings. The topological polar surface area (TPSA) is 134 Å². The van der Waals surface area contributed by atoms with Gasteiger partial charge in [0.2, 0.25) is 5.95 Å². The standard InChI is InChI=1S/C18H20F3N7OS/c1-28(2)9-17(15(23)29,13-12(8-22)14(30-3)26-16(24)25-13)27-11-6-4-5-10(7-11)18(19,20)21/h4-7,27H,9H2,1-3H3,(H2,23,29)(H2,24,25,26)/t17-/m1/s1. The summed E-state index contributed by atoms with van der Waals surface area (Å²) in [7, 11) is 3.27. The van der Waals surface area contributed by atoms with Gasteiger partial charge in [0.15, 0.2) is 5.54 Å². The maximum atomic E-state index is 13.2. The summed E-state index contributed by atoms with van der Waals surface area (Å²) in [5, 5.41) is 12.7. The van der Waals surface area contributed by atoms with E-state index in [1.54, 1.807) is 25.3 Å². The number of carbonyl (C=O) groups is 1. The molecule has 0 saturated heterocycles. The number of nitrogen functional groups attached to an aromatic ring is 1. The lowest BCUT2D eigenvalue weighted by Gasteiger charge is -2.35. The van der Waals surface area contributed by atoms with E-state index >= 15 is 0 Å². The molecule has 2 aromatic rings. The fraction of sp³-hybridized carbons (Fsp3) is 0.333. The van der Waals surface area contributed by atoms with Gasteiger partial charge in [0.25, 0.3) is 5.91 Å². The van der Waals surface area contributed by atoms with Gasteiger partial charge < -0.3 is 21.7 Å². The molecule has 0 fully saturated rings. The third-order valence-corrected chi connectivity index (χ3v) is 4.81. The van der Waals surface area contributed by atoms with E-state index in [0.29, 0.717) is 0 Å². The van der Waals surface area contributed by atoms with Gasteiger partial charge in [-0.05, 0) is 38.6 Å².